The van der Waals surface area contributed by atoms with Crippen molar-refractivity contribution in [2.24, 2.45) is 11.3 Å². The molecule has 22 heavy (non-hydrogen) atoms. The molecular formula is C17H26O5. The third kappa shape index (κ3) is 4.23. The number of hydrogen-bond donors (Lipinski definition) is 1. The molecule has 0 saturated heterocycles. The fourth-order valence-corrected chi connectivity index (χ4v) is 3.15. The van der Waals surface area contributed by atoms with Gasteiger partial charge in [0, 0.05) is 25.2 Å². The number of esters is 2. The molecule has 0 aromatic carbocycles. The summed E-state index contributed by atoms with van der Waals surface area (Å²) in [5, 5.41) is 11.0. The van der Waals surface area contributed by atoms with E-state index in [-0.39, 0.29) is 18.0 Å². The molecule has 1 fully saturated rings. The van der Waals surface area contributed by atoms with Crippen LogP contribution in [0.2, 0.25) is 0 Å². The van der Waals surface area contributed by atoms with Crippen molar-refractivity contribution in [2.75, 3.05) is 0 Å². The molecule has 5 heteroatoms. The first kappa shape index (κ1) is 18.5. The summed E-state index contributed by atoms with van der Waals surface area (Å²) in [6, 6.07) is 0. The minimum Gasteiger partial charge on any atom is -0.463 e. The molecule has 0 spiro atoms. The van der Waals surface area contributed by atoms with Gasteiger partial charge >= 0.3 is 11.9 Å². The van der Waals surface area contributed by atoms with Crippen molar-refractivity contribution >= 4 is 11.9 Å². The first-order valence-corrected chi connectivity index (χ1v) is 7.57. The van der Waals surface area contributed by atoms with Crippen LogP contribution in [0.15, 0.2) is 0 Å². The number of carbonyl (C=O) groups excluding carboxylic acids is 2. The normalized spacial score (nSPS) is 31.4. The van der Waals surface area contributed by atoms with Crippen molar-refractivity contribution in [3.05, 3.63) is 0 Å². The van der Waals surface area contributed by atoms with E-state index in [1.54, 1.807) is 6.92 Å². The quantitative estimate of drug-likeness (QED) is 0.624. The summed E-state index contributed by atoms with van der Waals surface area (Å²) in [6.07, 6.45) is 0.298. The van der Waals surface area contributed by atoms with Crippen LogP contribution in [0.1, 0.15) is 54.4 Å². The van der Waals surface area contributed by atoms with E-state index in [4.69, 9.17) is 9.47 Å². The van der Waals surface area contributed by atoms with Crippen LogP contribution < -0.4 is 0 Å². The van der Waals surface area contributed by atoms with Crippen LogP contribution in [-0.4, -0.2) is 34.9 Å². The minimum absolute atomic E-state index is 0.169. The first-order chi connectivity index (χ1) is 9.98. The summed E-state index contributed by atoms with van der Waals surface area (Å²) < 4.78 is 10.3. The molecule has 4 atom stereocenters. The Balaban J connectivity index is 2.95. The van der Waals surface area contributed by atoms with E-state index in [9.17, 15) is 14.7 Å². The molecule has 0 radical (unpaired) electrons. The van der Waals surface area contributed by atoms with Gasteiger partial charge in [0.1, 0.15) is 11.7 Å². The van der Waals surface area contributed by atoms with E-state index in [0.29, 0.717) is 12.8 Å². The summed E-state index contributed by atoms with van der Waals surface area (Å²) in [5.74, 6) is 4.84. The fourth-order valence-electron chi connectivity index (χ4n) is 3.15. The largest absolute Gasteiger partial charge is 0.463 e. The number of aliphatic hydroxyl groups is 1. The third-order valence-corrected chi connectivity index (χ3v) is 4.24. The Hall–Kier alpha value is -1.54. The molecular weight excluding hydrogens is 284 g/mol. The van der Waals surface area contributed by atoms with E-state index in [2.05, 4.69) is 11.8 Å². The minimum atomic E-state index is -1.22. The number of hydrogen-bond acceptors (Lipinski definition) is 5. The molecule has 1 aliphatic carbocycles. The highest BCUT2D eigenvalue weighted by Crippen LogP contribution is 2.47. The van der Waals surface area contributed by atoms with Crippen molar-refractivity contribution in [3.63, 3.8) is 0 Å². The summed E-state index contributed by atoms with van der Waals surface area (Å²) >= 11 is 0. The van der Waals surface area contributed by atoms with Crippen LogP contribution in [0, 0.1) is 23.2 Å². The maximum absolute atomic E-state index is 11.1. The van der Waals surface area contributed by atoms with Crippen molar-refractivity contribution in [1.29, 1.82) is 0 Å². The lowest BCUT2D eigenvalue weighted by Gasteiger charge is -2.49. The van der Waals surface area contributed by atoms with Crippen LogP contribution in [-0.2, 0) is 19.1 Å². The summed E-state index contributed by atoms with van der Waals surface area (Å²) in [4.78, 5) is 22.1. The van der Waals surface area contributed by atoms with Crippen LogP contribution >= 0.6 is 0 Å². The zero-order valence-electron chi connectivity index (χ0n) is 14.2. The van der Waals surface area contributed by atoms with Gasteiger partial charge in [-0.2, -0.15) is 0 Å². The summed E-state index contributed by atoms with van der Waals surface area (Å²) in [6.45, 7) is 10.1. The lowest BCUT2D eigenvalue weighted by atomic mass is 9.60. The highest BCUT2D eigenvalue weighted by Gasteiger charge is 2.52. The summed E-state index contributed by atoms with van der Waals surface area (Å²) in [5.41, 5.74) is -1.77. The predicted octanol–water partition coefficient (Wildman–Crippen LogP) is 2.06. The van der Waals surface area contributed by atoms with Gasteiger partial charge in [0.2, 0.25) is 0 Å². The van der Waals surface area contributed by atoms with Crippen LogP contribution in [0.25, 0.3) is 0 Å². The number of ether oxygens (including phenoxy) is 2. The highest BCUT2D eigenvalue weighted by atomic mass is 16.5. The second kappa shape index (κ2) is 6.70. The van der Waals surface area contributed by atoms with Crippen LogP contribution in [0.3, 0.4) is 0 Å². The maximum atomic E-state index is 11.1. The van der Waals surface area contributed by atoms with Gasteiger partial charge in [-0.15, -0.1) is 0 Å². The average molecular weight is 310 g/mol. The van der Waals surface area contributed by atoms with Crippen LogP contribution in [0.4, 0.5) is 0 Å². The first-order valence-electron chi connectivity index (χ1n) is 7.57. The zero-order valence-corrected chi connectivity index (χ0v) is 14.2. The molecule has 0 bridgehead atoms. The van der Waals surface area contributed by atoms with E-state index in [1.165, 1.54) is 13.8 Å². The third-order valence-electron chi connectivity index (χ3n) is 4.24. The number of carbonyl (C=O) groups is 2. The number of rotatable bonds is 2. The molecule has 1 N–H and O–H groups in total. The molecule has 4 unspecified atom stereocenters. The van der Waals surface area contributed by atoms with Gasteiger partial charge in [-0.05, 0) is 19.8 Å². The Kier molecular flexibility index (Phi) is 5.64. The van der Waals surface area contributed by atoms with Gasteiger partial charge in [-0.3, -0.25) is 9.59 Å². The lowest BCUT2D eigenvalue weighted by molar-refractivity contribution is -0.164. The second-order valence-electron chi connectivity index (χ2n) is 6.74. The van der Waals surface area contributed by atoms with E-state index in [1.807, 2.05) is 20.8 Å². The van der Waals surface area contributed by atoms with Gasteiger partial charge in [-0.25, -0.2) is 0 Å². The zero-order chi connectivity index (χ0) is 17.1. The van der Waals surface area contributed by atoms with Gasteiger partial charge in [-0.1, -0.05) is 32.6 Å². The SMILES string of the molecule is CC(=O)OC(C)C#CC1(O)C(C)CC(OC(C)=O)CC1(C)C. The molecule has 1 rings (SSSR count). The molecule has 1 saturated carbocycles. The van der Waals surface area contributed by atoms with Gasteiger partial charge < -0.3 is 14.6 Å². The smallest absolute Gasteiger partial charge is 0.303 e. The average Bonchev–Trinajstić information content (AvgIpc) is 2.31. The molecule has 0 heterocycles. The van der Waals surface area contributed by atoms with E-state index < -0.39 is 23.1 Å². The molecule has 0 aromatic rings. The standard InChI is InChI=1S/C17H26O5/c1-11-9-15(22-14(4)19)10-16(5,6)17(11,20)8-7-12(2)21-13(3)18/h11-12,15,20H,9-10H2,1-6H3. The maximum Gasteiger partial charge on any atom is 0.303 e. The Morgan fingerprint density at radius 3 is 2.32 bits per heavy atom. The molecule has 5 nitrogen and oxygen atoms in total. The van der Waals surface area contributed by atoms with E-state index >= 15 is 0 Å². The lowest BCUT2D eigenvalue weighted by Crippen LogP contribution is -2.55. The van der Waals surface area contributed by atoms with Crippen molar-refractivity contribution < 1.29 is 24.2 Å². The van der Waals surface area contributed by atoms with Crippen molar-refractivity contribution in [2.45, 2.75) is 72.2 Å². The van der Waals surface area contributed by atoms with Crippen LogP contribution in [0.5, 0.6) is 0 Å². The Labute approximate surface area is 132 Å². The Morgan fingerprint density at radius 2 is 1.86 bits per heavy atom. The van der Waals surface area contributed by atoms with Gasteiger partial charge in [0.05, 0.1) is 0 Å². The molecule has 0 amide bonds. The van der Waals surface area contributed by atoms with Gasteiger partial charge in [0.15, 0.2) is 6.10 Å². The second-order valence-corrected chi connectivity index (χ2v) is 6.74. The Bertz CT molecular complexity index is 499. The Morgan fingerprint density at radius 1 is 1.27 bits per heavy atom. The van der Waals surface area contributed by atoms with Crippen molar-refractivity contribution in [1.82, 2.24) is 0 Å². The van der Waals surface area contributed by atoms with E-state index in [0.717, 1.165) is 0 Å². The molecule has 0 aromatic heterocycles. The molecule has 0 aliphatic heterocycles. The topological polar surface area (TPSA) is 72.8 Å². The van der Waals surface area contributed by atoms with Crippen molar-refractivity contribution in [3.8, 4) is 11.8 Å². The summed E-state index contributed by atoms with van der Waals surface area (Å²) in [7, 11) is 0. The monoisotopic (exact) mass is 310 g/mol. The van der Waals surface area contributed by atoms with Gasteiger partial charge in [0.25, 0.3) is 0 Å². The fraction of sp³-hybridized carbons (Fsp3) is 0.765. The molecule has 124 valence electrons. The highest BCUT2D eigenvalue weighted by molar-refractivity contribution is 5.66. The molecule has 1 aliphatic rings. The predicted molar refractivity (Wildman–Crippen MR) is 81.7 cm³/mol.